The number of pyridine rings is 1. The highest BCUT2D eigenvalue weighted by Crippen LogP contribution is 2.28. The van der Waals surface area contributed by atoms with Crippen LogP contribution in [0.5, 0.6) is 0 Å². The standard InChI is InChI=1S/C10H11F3N2O2/c1-2-17-10(16)7-6(8(11)12)5(3-14)4-15-9(7)13/h4,8H,2-3,14H2,1H3. The Kier molecular flexibility index (Phi) is 4.45. The molecule has 0 amide bonds. The van der Waals surface area contributed by atoms with Gasteiger partial charge in [0.1, 0.15) is 5.56 Å². The number of halogens is 3. The summed E-state index contributed by atoms with van der Waals surface area (Å²) in [5.74, 6) is -2.45. The number of hydrogen-bond acceptors (Lipinski definition) is 4. The van der Waals surface area contributed by atoms with Crippen molar-refractivity contribution in [2.24, 2.45) is 5.73 Å². The number of nitrogens with two attached hydrogens (primary N) is 1. The van der Waals surface area contributed by atoms with Gasteiger partial charge in [-0.25, -0.2) is 18.6 Å². The second-order valence-corrected chi connectivity index (χ2v) is 3.09. The van der Waals surface area contributed by atoms with E-state index >= 15 is 0 Å². The summed E-state index contributed by atoms with van der Waals surface area (Å²) in [7, 11) is 0. The van der Waals surface area contributed by atoms with Crippen molar-refractivity contribution in [1.29, 1.82) is 0 Å². The van der Waals surface area contributed by atoms with Crippen LogP contribution < -0.4 is 5.73 Å². The van der Waals surface area contributed by atoms with Gasteiger partial charge in [-0.2, -0.15) is 4.39 Å². The van der Waals surface area contributed by atoms with Crippen molar-refractivity contribution in [3.8, 4) is 0 Å². The zero-order valence-corrected chi connectivity index (χ0v) is 9.04. The third-order valence-electron chi connectivity index (χ3n) is 2.07. The molecular formula is C10H11F3N2O2. The minimum absolute atomic E-state index is 0.0478. The largest absolute Gasteiger partial charge is 0.462 e. The summed E-state index contributed by atoms with van der Waals surface area (Å²) >= 11 is 0. The summed E-state index contributed by atoms with van der Waals surface area (Å²) in [5.41, 5.74) is 3.56. The maximum absolute atomic E-state index is 13.3. The Morgan fingerprint density at radius 1 is 1.59 bits per heavy atom. The van der Waals surface area contributed by atoms with E-state index in [-0.39, 0.29) is 18.7 Å². The molecule has 0 aliphatic rings. The summed E-state index contributed by atoms with van der Waals surface area (Å²) in [6.45, 7) is 1.17. The summed E-state index contributed by atoms with van der Waals surface area (Å²) in [6.07, 6.45) is -2.13. The summed E-state index contributed by atoms with van der Waals surface area (Å²) < 4.78 is 43.4. The van der Waals surface area contributed by atoms with E-state index in [1.807, 2.05) is 0 Å². The molecule has 94 valence electrons. The molecule has 0 unspecified atom stereocenters. The molecule has 0 radical (unpaired) electrons. The van der Waals surface area contributed by atoms with Crippen molar-refractivity contribution in [3.63, 3.8) is 0 Å². The van der Waals surface area contributed by atoms with Crippen molar-refractivity contribution in [1.82, 2.24) is 4.98 Å². The number of alkyl halides is 2. The Morgan fingerprint density at radius 3 is 2.71 bits per heavy atom. The molecule has 4 nitrogen and oxygen atoms in total. The lowest BCUT2D eigenvalue weighted by molar-refractivity contribution is 0.0507. The molecule has 17 heavy (non-hydrogen) atoms. The van der Waals surface area contributed by atoms with Gasteiger partial charge in [0, 0.05) is 18.3 Å². The van der Waals surface area contributed by atoms with Crippen LogP contribution in [-0.4, -0.2) is 17.6 Å². The lowest BCUT2D eigenvalue weighted by atomic mass is 10.0. The summed E-state index contributed by atoms with van der Waals surface area (Å²) in [6, 6.07) is 0. The first-order valence-electron chi connectivity index (χ1n) is 4.85. The van der Waals surface area contributed by atoms with Crippen LogP contribution in [0.3, 0.4) is 0 Å². The van der Waals surface area contributed by atoms with Crippen LogP contribution >= 0.6 is 0 Å². The molecule has 1 rings (SSSR count). The van der Waals surface area contributed by atoms with Gasteiger partial charge in [-0.3, -0.25) is 0 Å². The van der Waals surface area contributed by atoms with Crippen LogP contribution in [0.15, 0.2) is 6.20 Å². The molecule has 1 aromatic rings. The van der Waals surface area contributed by atoms with Crippen LogP contribution in [0.2, 0.25) is 0 Å². The lowest BCUT2D eigenvalue weighted by Crippen LogP contribution is -2.16. The fourth-order valence-corrected chi connectivity index (χ4v) is 1.35. The van der Waals surface area contributed by atoms with E-state index in [2.05, 4.69) is 9.72 Å². The second kappa shape index (κ2) is 5.62. The third-order valence-corrected chi connectivity index (χ3v) is 2.07. The molecule has 0 saturated heterocycles. The molecule has 7 heteroatoms. The van der Waals surface area contributed by atoms with E-state index in [9.17, 15) is 18.0 Å². The van der Waals surface area contributed by atoms with E-state index in [1.54, 1.807) is 0 Å². The highest BCUT2D eigenvalue weighted by Gasteiger charge is 2.27. The van der Waals surface area contributed by atoms with E-state index in [1.165, 1.54) is 6.92 Å². The van der Waals surface area contributed by atoms with Gasteiger partial charge in [-0.1, -0.05) is 0 Å². The first-order valence-corrected chi connectivity index (χ1v) is 4.85. The molecule has 0 bridgehead atoms. The maximum Gasteiger partial charge on any atom is 0.343 e. The highest BCUT2D eigenvalue weighted by molar-refractivity contribution is 5.91. The number of carbonyl (C=O) groups is 1. The quantitative estimate of drug-likeness (QED) is 0.651. The highest BCUT2D eigenvalue weighted by atomic mass is 19.3. The monoisotopic (exact) mass is 248 g/mol. The molecule has 0 atom stereocenters. The predicted octanol–water partition coefficient (Wildman–Crippen LogP) is 1.79. The van der Waals surface area contributed by atoms with Gasteiger partial charge < -0.3 is 10.5 Å². The molecule has 0 aliphatic heterocycles. The Bertz CT molecular complexity index is 424. The molecule has 0 fully saturated rings. The normalized spacial score (nSPS) is 10.7. The van der Waals surface area contributed by atoms with Gasteiger partial charge in [-0.15, -0.1) is 0 Å². The first-order chi connectivity index (χ1) is 8.02. The summed E-state index contributed by atoms with van der Waals surface area (Å²) in [5, 5.41) is 0. The van der Waals surface area contributed by atoms with Crippen LogP contribution in [0.4, 0.5) is 13.2 Å². The zero-order valence-electron chi connectivity index (χ0n) is 9.04. The molecule has 2 N–H and O–H groups in total. The van der Waals surface area contributed by atoms with Gasteiger partial charge in [-0.05, 0) is 12.5 Å². The van der Waals surface area contributed by atoms with Gasteiger partial charge in [0.25, 0.3) is 6.43 Å². The van der Waals surface area contributed by atoms with Crippen molar-refractivity contribution >= 4 is 5.97 Å². The van der Waals surface area contributed by atoms with Crippen molar-refractivity contribution in [3.05, 3.63) is 28.8 Å². The molecule has 0 saturated carbocycles. The smallest absolute Gasteiger partial charge is 0.343 e. The van der Waals surface area contributed by atoms with Crippen molar-refractivity contribution < 1.29 is 22.7 Å². The van der Waals surface area contributed by atoms with Gasteiger partial charge in [0.05, 0.1) is 6.61 Å². The molecule has 1 aromatic heterocycles. The van der Waals surface area contributed by atoms with Gasteiger partial charge >= 0.3 is 5.97 Å². The second-order valence-electron chi connectivity index (χ2n) is 3.09. The fraction of sp³-hybridized carbons (Fsp3) is 0.400. The Morgan fingerprint density at radius 2 is 2.24 bits per heavy atom. The Hall–Kier alpha value is -1.63. The molecular weight excluding hydrogens is 237 g/mol. The number of esters is 1. The van der Waals surface area contributed by atoms with Crippen LogP contribution in [0.1, 0.15) is 34.8 Å². The minimum atomic E-state index is -3.02. The minimum Gasteiger partial charge on any atom is -0.462 e. The van der Waals surface area contributed by atoms with E-state index in [0.29, 0.717) is 0 Å². The molecule has 0 aliphatic carbocycles. The van der Waals surface area contributed by atoms with E-state index in [4.69, 9.17) is 5.73 Å². The average molecular weight is 248 g/mol. The summed E-state index contributed by atoms with van der Waals surface area (Å²) in [4.78, 5) is 14.6. The van der Waals surface area contributed by atoms with Crippen LogP contribution in [0.25, 0.3) is 0 Å². The van der Waals surface area contributed by atoms with Crippen LogP contribution in [-0.2, 0) is 11.3 Å². The number of ether oxygens (including phenoxy) is 1. The first kappa shape index (κ1) is 13.4. The van der Waals surface area contributed by atoms with E-state index in [0.717, 1.165) is 6.20 Å². The maximum atomic E-state index is 13.3. The Balaban J connectivity index is 3.38. The lowest BCUT2D eigenvalue weighted by Gasteiger charge is -2.12. The molecule has 1 heterocycles. The van der Waals surface area contributed by atoms with Crippen LogP contribution in [0, 0.1) is 5.95 Å². The number of hydrogen-bond donors (Lipinski definition) is 1. The molecule has 0 aromatic carbocycles. The van der Waals surface area contributed by atoms with Gasteiger partial charge in [0.2, 0.25) is 5.95 Å². The Labute approximate surface area is 95.6 Å². The topological polar surface area (TPSA) is 65.2 Å². The number of rotatable bonds is 4. The van der Waals surface area contributed by atoms with Gasteiger partial charge in [0.15, 0.2) is 0 Å². The number of nitrogens with zero attached hydrogens (tertiary/aromatic N) is 1. The average Bonchev–Trinajstić information content (AvgIpc) is 2.28. The molecule has 0 spiro atoms. The SMILES string of the molecule is CCOC(=O)c1c(F)ncc(CN)c1C(F)F. The fourth-order valence-electron chi connectivity index (χ4n) is 1.35. The van der Waals surface area contributed by atoms with Crippen molar-refractivity contribution in [2.45, 2.75) is 19.9 Å². The van der Waals surface area contributed by atoms with E-state index < -0.39 is 29.5 Å². The predicted molar refractivity (Wildman–Crippen MR) is 53.0 cm³/mol. The zero-order chi connectivity index (χ0) is 13.0. The number of aromatic nitrogens is 1. The van der Waals surface area contributed by atoms with Crippen molar-refractivity contribution in [2.75, 3.05) is 6.61 Å². The number of carbonyl (C=O) groups excluding carboxylic acids is 1. The third kappa shape index (κ3) is 2.73.